The molecule has 2 N–H and O–H groups in total. The van der Waals surface area contributed by atoms with Gasteiger partial charge in [-0.15, -0.1) is 12.4 Å². The number of fused-ring (bicyclic) bond motifs is 1. The van der Waals surface area contributed by atoms with Crippen molar-refractivity contribution in [3.05, 3.63) is 78.0 Å². The fourth-order valence-corrected chi connectivity index (χ4v) is 6.69. The molecular weight excluding hydrogens is 618 g/mol. The molecule has 12 heteroatoms. The molecule has 4 aromatic rings. The number of likely N-dealkylation sites (tertiary alicyclic amines) is 1. The minimum Gasteiger partial charge on any atom is -0.457 e. The van der Waals surface area contributed by atoms with Gasteiger partial charge in [0.05, 0.1) is 16.6 Å². The molecule has 0 saturated carbocycles. The molecule has 0 atom stereocenters. The molecule has 1 saturated heterocycles. The largest absolute Gasteiger partial charge is 0.457 e. The lowest BCUT2D eigenvalue weighted by Crippen LogP contribution is -2.49. The molecule has 44 heavy (non-hydrogen) atoms. The van der Waals surface area contributed by atoms with Gasteiger partial charge in [0, 0.05) is 49.0 Å². The van der Waals surface area contributed by atoms with Gasteiger partial charge in [0.2, 0.25) is 10.0 Å². The van der Waals surface area contributed by atoms with Crippen LogP contribution in [0.1, 0.15) is 43.9 Å². The zero-order valence-corrected chi connectivity index (χ0v) is 27.7. The van der Waals surface area contributed by atoms with Crippen LogP contribution in [0, 0.1) is 6.92 Å². The summed E-state index contributed by atoms with van der Waals surface area (Å²) < 4.78 is 36.7. The van der Waals surface area contributed by atoms with Crippen LogP contribution >= 0.6 is 23.9 Å². The molecule has 1 aromatic heterocycles. The number of sulfonamides is 1. The first-order chi connectivity index (χ1) is 20.7. The van der Waals surface area contributed by atoms with E-state index in [9.17, 15) is 13.2 Å². The van der Waals surface area contributed by atoms with Crippen LogP contribution in [0.2, 0.25) is 0 Å². The Hall–Kier alpha value is -3.38. The Morgan fingerprint density at radius 3 is 2.30 bits per heavy atom. The molecule has 1 aliphatic rings. The van der Waals surface area contributed by atoms with Crippen LogP contribution in [0.25, 0.3) is 10.1 Å². The molecule has 2 amide bonds. The van der Waals surface area contributed by atoms with Crippen molar-refractivity contribution < 1.29 is 17.9 Å². The van der Waals surface area contributed by atoms with Gasteiger partial charge in [-0.2, -0.15) is 4.37 Å². The van der Waals surface area contributed by atoms with E-state index in [1.165, 1.54) is 17.1 Å². The number of benzene rings is 3. The second-order valence-electron chi connectivity index (χ2n) is 11.1. The van der Waals surface area contributed by atoms with Gasteiger partial charge >= 0.3 is 6.03 Å². The zero-order chi connectivity index (χ0) is 30.4. The van der Waals surface area contributed by atoms with Crippen LogP contribution in [0.5, 0.6) is 11.5 Å². The number of nitrogens with zero attached hydrogens (tertiary/aromatic N) is 3. The van der Waals surface area contributed by atoms with Crippen molar-refractivity contribution in [1.29, 1.82) is 0 Å². The molecule has 236 valence electrons. The monoisotopic (exact) mass is 657 g/mol. The number of rotatable bonds is 11. The highest BCUT2D eigenvalue weighted by Gasteiger charge is 2.28. The summed E-state index contributed by atoms with van der Waals surface area (Å²) in [6.07, 6.45) is 5.02. The number of aromatic nitrogens is 1. The summed E-state index contributed by atoms with van der Waals surface area (Å²) in [5.74, 6) is 1.35. The summed E-state index contributed by atoms with van der Waals surface area (Å²) in [6.45, 7) is 7.61. The van der Waals surface area contributed by atoms with E-state index >= 15 is 0 Å². The van der Waals surface area contributed by atoms with Gasteiger partial charge in [0.25, 0.3) is 0 Å². The molecule has 5 rings (SSSR count). The molecule has 9 nitrogen and oxygen atoms in total. The summed E-state index contributed by atoms with van der Waals surface area (Å²) in [6, 6.07) is 21.1. The summed E-state index contributed by atoms with van der Waals surface area (Å²) in [5, 5.41) is 4.25. The quantitative estimate of drug-likeness (QED) is 0.173. The van der Waals surface area contributed by atoms with Gasteiger partial charge in [0.1, 0.15) is 11.5 Å². The number of carbonyl (C=O) groups excluding carboxylic acids is 1. The first-order valence-electron chi connectivity index (χ1n) is 14.7. The Labute approximate surface area is 270 Å². The van der Waals surface area contributed by atoms with Gasteiger partial charge < -0.3 is 15.0 Å². The van der Waals surface area contributed by atoms with Crippen molar-refractivity contribution in [2.24, 2.45) is 0 Å². The van der Waals surface area contributed by atoms with E-state index in [2.05, 4.69) is 38.4 Å². The maximum Gasteiger partial charge on any atom is 0.322 e. The molecule has 1 fully saturated rings. The third kappa shape index (κ3) is 9.07. The van der Waals surface area contributed by atoms with E-state index in [1.807, 2.05) is 42.2 Å². The fourth-order valence-electron chi connectivity index (χ4n) is 5.36. The third-order valence-electron chi connectivity index (χ3n) is 7.64. The number of nitrogens with one attached hydrogen (secondary N) is 2. The number of aryl methyl sites for hydroxylation is 1. The maximum atomic E-state index is 13.4. The van der Waals surface area contributed by atoms with Crippen molar-refractivity contribution in [2.45, 2.75) is 52.1 Å². The summed E-state index contributed by atoms with van der Waals surface area (Å²) >= 11 is 1.48. The predicted molar refractivity (Wildman–Crippen MR) is 182 cm³/mol. The zero-order valence-electron chi connectivity index (χ0n) is 25.3. The number of hydrogen-bond acceptors (Lipinski definition) is 7. The minimum atomic E-state index is -3.32. The molecule has 0 aliphatic carbocycles. The Kier molecular flexibility index (Phi) is 11.5. The smallest absolute Gasteiger partial charge is 0.322 e. The van der Waals surface area contributed by atoms with Gasteiger partial charge in [-0.25, -0.2) is 13.2 Å². The molecule has 0 spiro atoms. The number of unbranched alkanes of at least 4 members (excludes halogenated alkanes) is 1. The number of urea groups is 1. The van der Waals surface area contributed by atoms with E-state index in [1.54, 1.807) is 24.3 Å². The van der Waals surface area contributed by atoms with E-state index in [0.717, 1.165) is 79.6 Å². The number of halogens is 1. The standard InChI is InChI=1S/C32H39N5O4S2.ClH/c1-4-5-18-37(32(38)33-26-10-15-31-30(21-26)23(2)34-42-31)27-16-19-36(20-17-27)22-24-6-11-28(12-7-24)41-29-13-8-25(9-14-29)35-43(3,39)40;/h6-15,21,27,35H,4-5,16-20,22H2,1-3H3,(H,33,38);1H. The highest BCUT2D eigenvalue weighted by Crippen LogP contribution is 2.27. The fraction of sp³-hybridized carbons (Fsp3) is 0.375. The van der Waals surface area contributed by atoms with Gasteiger partial charge in [-0.05, 0) is 97.9 Å². The molecule has 3 aromatic carbocycles. The number of hydrogen-bond donors (Lipinski definition) is 2. The molecule has 0 unspecified atom stereocenters. The van der Waals surface area contributed by atoms with Crippen LogP contribution in [-0.4, -0.2) is 60.6 Å². The lowest BCUT2D eigenvalue weighted by atomic mass is 10.0. The summed E-state index contributed by atoms with van der Waals surface area (Å²) in [5.41, 5.74) is 3.50. The number of carbonyl (C=O) groups is 1. The number of amides is 2. The van der Waals surface area contributed by atoms with Crippen LogP contribution in [0.15, 0.2) is 66.7 Å². The predicted octanol–water partition coefficient (Wildman–Crippen LogP) is 7.49. The minimum absolute atomic E-state index is 0. The maximum absolute atomic E-state index is 13.4. The van der Waals surface area contributed by atoms with E-state index in [4.69, 9.17) is 4.74 Å². The highest BCUT2D eigenvalue weighted by atomic mass is 35.5. The van der Waals surface area contributed by atoms with E-state index in [-0.39, 0.29) is 24.5 Å². The van der Waals surface area contributed by atoms with Crippen LogP contribution in [-0.2, 0) is 16.6 Å². The lowest BCUT2D eigenvalue weighted by Gasteiger charge is -2.38. The average Bonchev–Trinajstić information content (AvgIpc) is 3.35. The molecule has 2 heterocycles. The first kappa shape index (κ1) is 33.5. The number of anilines is 2. The second kappa shape index (κ2) is 15.1. The Balaban J connectivity index is 0.00000442. The molecule has 1 aliphatic heterocycles. The lowest BCUT2D eigenvalue weighted by molar-refractivity contribution is 0.122. The summed E-state index contributed by atoms with van der Waals surface area (Å²) in [7, 11) is -3.32. The topological polar surface area (TPSA) is 104 Å². The molecule has 0 bridgehead atoms. The van der Waals surface area contributed by atoms with Crippen molar-refractivity contribution in [1.82, 2.24) is 14.2 Å². The third-order valence-corrected chi connectivity index (χ3v) is 9.16. The molecular formula is C32H40ClN5O4S2. The second-order valence-corrected chi connectivity index (χ2v) is 13.7. The highest BCUT2D eigenvalue weighted by molar-refractivity contribution is 7.92. The Morgan fingerprint density at radius 1 is 1.02 bits per heavy atom. The molecule has 0 radical (unpaired) electrons. The van der Waals surface area contributed by atoms with E-state index < -0.39 is 10.0 Å². The van der Waals surface area contributed by atoms with E-state index in [0.29, 0.717) is 17.2 Å². The van der Waals surface area contributed by atoms with Crippen molar-refractivity contribution >= 4 is 61.5 Å². The van der Waals surface area contributed by atoms with Gasteiger partial charge in [-0.3, -0.25) is 9.62 Å². The van der Waals surface area contributed by atoms with Crippen LogP contribution < -0.4 is 14.8 Å². The number of ether oxygens (including phenoxy) is 1. The van der Waals surface area contributed by atoms with Crippen LogP contribution in [0.3, 0.4) is 0 Å². The van der Waals surface area contributed by atoms with Crippen LogP contribution in [0.4, 0.5) is 16.2 Å². The SMILES string of the molecule is CCCCN(C(=O)Nc1ccc2snc(C)c2c1)C1CCN(Cc2ccc(Oc3ccc(NS(C)(=O)=O)cc3)cc2)CC1.Cl. The van der Waals surface area contributed by atoms with Crippen molar-refractivity contribution in [3.63, 3.8) is 0 Å². The summed E-state index contributed by atoms with van der Waals surface area (Å²) in [4.78, 5) is 17.9. The van der Waals surface area contributed by atoms with Crippen molar-refractivity contribution in [3.8, 4) is 11.5 Å². The Bertz CT molecular complexity index is 1640. The Morgan fingerprint density at radius 2 is 1.66 bits per heavy atom. The van der Waals surface area contributed by atoms with Gasteiger partial charge in [0.15, 0.2) is 0 Å². The van der Waals surface area contributed by atoms with Gasteiger partial charge in [-0.1, -0.05) is 25.5 Å². The first-order valence-corrected chi connectivity index (χ1v) is 17.3. The number of piperidine rings is 1. The normalized spacial score (nSPS) is 14.2. The average molecular weight is 658 g/mol. The van der Waals surface area contributed by atoms with Crippen molar-refractivity contribution in [2.75, 3.05) is 35.9 Å².